The quantitative estimate of drug-likeness (QED) is 0.833. The van der Waals surface area contributed by atoms with Crippen molar-refractivity contribution in [2.75, 3.05) is 13.1 Å². The topological polar surface area (TPSA) is 15.3 Å². The van der Waals surface area contributed by atoms with E-state index in [2.05, 4.69) is 31.0 Å². The van der Waals surface area contributed by atoms with Crippen LogP contribution in [0.25, 0.3) is 0 Å². The lowest BCUT2D eigenvalue weighted by atomic mass is 9.47. The molecule has 5 fully saturated rings. The van der Waals surface area contributed by atoms with Crippen LogP contribution in [0.5, 0.6) is 0 Å². The van der Waals surface area contributed by atoms with Crippen molar-refractivity contribution in [2.24, 2.45) is 23.2 Å². The van der Waals surface area contributed by atoms with Gasteiger partial charge in [-0.05, 0) is 82.5 Å². The Morgan fingerprint density at radius 1 is 0.900 bits per heavy atom. The van der Waals surface area contributed by atoms with Crippen molar-refractivity contribution >= 4 is 0 Å². The molecule has 0 aromatic carbocycles. The fourth-order valence-corrected chi connectivity index (χ4v) is 6.76. The van der Waals surface area contributed by atoms with Crippen LogP contribution in [-0.4, -0.2) is 36.1 Å². The molecule has 5 rings (SSSR count). The van der Waals surface area contributed by atoms with Gasteiger partial charge in [-0.2, -0.15) is 0 Å². The van der Waals surface area contributed by atoms with Crippen LogP contribution in [0.1, 0.15) is 59.3 Å². The predicted octanol–water partition coefficient (Wildman–Crippen LogP) is 3.27. The van der Waals surface area contributed by atoms with Gasteiger partial charge in [-0.25, -0.2) is 0 Å². The van der Waals surface area contributed by atoms with E-state index in [9.17, 15) is 0 Å². The molecule has 2 nitrogen and oxygen atoms in total. The maximum absolute atomic E-state index is 3.70. The van der Waals surface area contributed by atoms with Crippen molar-refractivity contribution < 1.29 is 0 Å². The molecular formula is C18H32N2. The van der Waals surface area contributed by atoms with Gasteiger partial charge in [0, 0.05) is 31.2 Å². The molecule has 1 N–H and O–H groups in total. The number of rotatable bonds is 2. The number of hydrogen-bond acceptors (Lipinski definition) is 2. The van der Waals surface area contributed by atoms with E-state index in [1.165, 1.54) is 13.1 Å². The summed E-state index contributed by atoms with van der Waals surface area (Å²) in [6.07, 6.45) is 9.35. The van der Waals surface area contributed by atoms with E-state index in [0.29, 0.717) is 17.5 Å². The van der Waals surface area contributed by atoms with Crippen LogP contribution in [0.2, 0.25) is 0 Å². The number of hydrogen-bond donors (Lipinski definition) is 1. The fourth-order valence-electron chi connectivity index (χ4n) is 6.76. The predicted molar refractivity (Wildman–Crippen MR) is 83.7 cm³/mol. The summed E-state index contributed by atoms with van der Waals surface area (Å²) < 4.78 is 0. The zero-order valence-corrected chi connectivity index (χ0v) is 13.6. The van der Waals surface area contributed by atoms with Gasteiger partial charge < -0.3 is 5.32 Å². The molecule has 5 aliphatic rings. The first kappa shape index (κ1) is 13.6. The summed E-state index contributed by atoms with van der Waals surface area (Å²) in [6.45, 7) is 9.79. The van der Waals surface area contributed by atoms with Crippen molar-refractivity contribution in [3.8, 4) is 0 Å². The molecule has 1 heterocycles. The normalized spacial score (nSPS) is 53.2. The van der Waals surface area contributed by atoms with Gasteiger partial charge >= 0.3 is 0 Å². The molecule has 0 radical (unpaired) electrons. The highest BCUT2D eigenvalue weighted by Crippen LogP contribution is 2.61. The van der Waals surface area contributed by atoms with E-state index >= 15 is 0 Å². The van der Waals surface area contributed by atoms with E-state index in [4.69, 9.17) is 0 Å². The van der Waals surface area contributed by atoms with Crippen molar-refractivity contribution in [1.29, 1.82) is 0 Å². The van der Waals surface area contributed by atoms with Crippen molar-refractivity contribution in [1.82, 2.24) is 10.2 Å². The lowest BCUT2D eigenvalue weighted by molar-refractivity contribution is -0.102. The molecule has 1 aliphatic heterocycles. The standard InChI is InChI=1S/C18H32N2/c1-12-10-20(11-13(2)19-12)14(3)18-7-15-4-16(8-18)6-17(5-15)9-18/h12-17,19H,4-11H2,1-3H3. The fraction of sp³-hybridized carbons (Fsp3) is 1.00. The summed E-state index contributed by atoms with van der Waals surface area (Å²) in [7, 11) is 0. The first-order chi connectivity index (χ1) is 9.54. The third-order valence-corrected chi connectivity index (χ3v) is 7.11. The highest BCUT2D eigenvalue weighted by atomic mass is 15.2. The van der Waals surface area contributed by atoms with Crippen LogP contribution in [0.15, 0.2) is 0 Å². The van der Waals surface area contributed by atoms with Gasteiger partial charge in [-0.1, -0.05) is 0 Å². The Bertz CT molecular complexity index is 332. The molecule has 2 heteroatoms. The SMILES string of the molecule is CC1CN(C(C)C23CC4CC(CC(C4)C2)C3)CC(C)N1. The molecule has 0 amide bonds. The third-order valence-electron chi connectivity index (χ3n) is 7.11. The van der Waals surface area contributed by atoms with Crippen LogP contribution < -0.4 is 5.32 Å². The van der Waals surface area contributed by atoms with Crippen LogP contribution in [0.3, 0.4) is 0 Å². The molecular weight excluding hydrogens is 244 g/mol. The van der Waals surface area contributed by atoms with E-state index in [1.807, 2.05) is 0 Å². The Morgan fingerprint density at radius 2 is 1.35 bits per heavy atom. The van der Waals surface area contributed by atoms with E-state index < -0.39 is 0 Å². The van der Waals surface area contributed by atoms with E-state index in [0.717, 1.165) is 23.8 Å². The van der Waals surface area contributed by atoms with Crippen molar-refractivity contribution in [3.63, 3.8) is 0 Å². The van der Waals surface area contributed by atoms with Gasteiger partial charge in [-0.3, -0.25) is 4.90 Å². The molecule has 114 valence electrons. The summed E-state index contributed by atoms with van der Waals surface area (Å²) in [5.74, 6) is 3.25. The second-order valence-electron chi connectivity index (χ2n) is 8.88. The third kappa shape index (κ3) is 2.14. The van der Waals surface area contributed by atoms with E-state index in [1.54, 1.807) is 38.5 Å². The van der Waals surface area contributed by atoms with Crippen molar-refractivity contribution in [3.05, 3.63) is 0 Å². The minimum absolute atomic E-state index is 0.662. The van der Waals surface area contributed by atoms with Crippen LogP contribution in [0, 0.1) is 23.2 Å². The Hall–Kier alpha value is -0.0800. The van der Waals surface area contributed by atoms with Gasteiger partial charge in [0.25, 0.3) is 0 Å². The molecule has 0 spiro atoms. The minimum atomic E-state index is 0.662. The smallest absolute Gasteiger partial charge is 0.0169 e. The summed E-state index contributed by atoms with van der Waals surface area (Å²) >= 11 is 0. The van der Waals surface area contributed by atoms with Crippen LogP contribution in [0.4, 0.5) is 0 Å². The Morgan fingerprint density at radius 3 is 1.80 bits per heavy atom. The first-order valence-electron chi connectivity index (χ1n) is 9.04. The minimum Gasteiger partial charge on any atom is -0.309 e. The molecule has 4 saturated carbocycles. The molecule has 4 bridgehead atoms. The second kappa shape index (κ2) is 4.71. The monoisotopic (exact) mass is 276 g/mol. The average Bonchev–Trinajstić information content (AvgIpc) is 2.35. The van der Waals surface area contributed by atoms with Crippen molar-refractivity contribution in [2.45, 2.75) is 77.4 Å². The van der Waals surface area contributed by atoms with Gasteiger partial charge in [0.05, 0.1) is 0 Å². The summed E-state index contributed by atoms with van der Waals surface area (Å²) in [5.41, 5.74) is 0.686. The Balaban J connectivity index is 1.54. The highest BCUT2D eigenvalue weighted by molar-refractivity contribution is 5.06. The van der Waals surface area contributed by atoms with Crippen LogP contribution >= 0.6 is 0 Å². The maximum Gasteiger partial charge on any atom is 0.0169 e. The number of nitrogens with zero attached hydrogens (tertiary/aromatic N) is 1. The highest BCUT2D eigenvalue weighted by Gasteiger charge is 2.54. The second-order valence-corrected chi connectivity index (χ2v) is 8.88. The molecule has 3 unspecified atom stereocenters. The van der Waals surface area contributed by atoms with Crippen LogP contribution in [-0.2, 0) is 0 Å². The zero-order chi connectivity index (χ0) is 13.9. The number of piperazine rings is 1. The van der Waals surface area contributed by atoms with Gasteiger partial charge in [0.1, 0.15) is 0 Å². The summed E-state index contributed by atoms with van der Waals surface area (Å²) in [6, 6.07) is 2.13. The largest absolute Gasteiger partial charge is 0.309 e. The van der Waals surface area contributed by atoms with E-state index in [-0.39, 0.29) is 0 Å². The number of nitrogens with one attached hydrogen (secondary N) is 1. The summed E-state index contributed by atoms with van der Waals surface area (Å²) in [4.78, 5) is 2.83. The zero-order valence-electron chi connectivity index (χ0n) is 13.6. The summed E-state index contributed by atoms with van der Waals surface area (Å²) in [5, 5.41) is 3.70. The average molecular weight is 276 g/mol. The Labute approximate surface area is 124 Å². The van der Waals surface area contributed by atoms with Gasteiger partial charge in [0.2, 0.25) is 0 Å². The molecule has 0 aromatic heterocycles. The van der Waals surface area contributed by atoms with Gasteiger partial charge in [0.15, 0.2) is 0 Å². The molecule has 3 atom stereocenters. The lowest BCUT2D eigenvalue weighted by Crippen LogP contribution is -2.62. The molecule has 0 aromatic rings. The molecule has 1 saturated heterocycles. The molecule has 4 aliphatic carbocycles. The molecule has 20 heavy (non-hydrogen) atoms. The van der Waals surface area contributed by atoms with Gasteiger partial charge in [-0.15, -0.1) is 0 Å². The Kier molecular flexibility index (Phi) is 3.20. The first-order valence-corrected chi connectivity index (χ1v) is 9.04. The maximum atomic E-state index is 3.70. The lowest BCUT2D eigenvalue weighted by Gasteiger charge is -2.61.